The zero-order chi connectivity index (χ0) is 10.8. The van der Waals surface area contributed by atoms with Crippen molar-refractivity contribution in [1.82, 2.24) is 0 Å². The van der Waals surface area contributed by atoms with Crippen LogP contribution in [-0.4, -0.2) is 48.4 Å². The minimum Gasteiger partial charge on any atom is -0.481 e. The molecule has 0 atom stereocenters. The molecule has 0 fully saturated rings. The van der Waals surface area contributed by atoms with Crippen LogP contribution < -0.4 is 0 Å². The first-order valence-electron chi connectivity index (χ1n) is 5.06. The van der Waals surface area contributed by atoms with Crippen molar-refractivity contribution in [2.45, 2.75) is 51.4 Å². The largest absolute Gasteiger partial charge is 0.481 e. The second-order valence-electron chi connectivity index (χ2n) is 3.41. The van der Waals surface area contributed by atoms with E-state index in [1.807, 2.05) is 0 Å². The van der Waals surface area contributed by atoms with Crippen LogP contribution in [0.15, 0.2) is 0 Å². The minimum absolute atomic E-state index is 0. The maximum absolute atomic E-state index is 10.1. The summed E-state index contributed by atoms with van der Waals surface area (Å²) < 4.78 is 0. The van der Waals surface area contributed by atoms with Gasteiger partial charge in [-0.3, -0.25) is 9.59 Å². The van der Waals surface area contributed by atoms with Gasteiger partial charge in [-0.1, -0.05) is 25.7 Å². The predicted octanol–water partition coefficient (Wildman–Crippen LogP) is 1.90. The first-order chi connectivity index (χ1) is 6.63. The molecule has 0 aromatic heterocycles. The van der Waals surface area contributed by atoms with Crippen molar-refractivity contribution in [3.8, 4) is 0 Å². The van der Waals surface area contributed by atoms with E-state index >= 15 is 0 Å². The van der Waals surface area contributed by atoms with E-state index in [9.17, 15) is 9.59 Å². The van der Waals surface area contributed by atoms with Crippen molar-refractivity contribution >= 4 is 38.1 Å². The number of carboxylic acid groups (broad SMARTS) is 2. The smallest absolute Gasteiger partial charge is 0.303 e. The summed E-state index contributed by atoms with van der Waals surface area (Å²) in [5.74, 6) is -1.48. The molecule has 4 nitrogen and oxygen atoms in total. The average molecular weight is 411 g/mol. The Morgan fingerprint density at radius 3 is 1.20 bits per heavy atom. The summed E-state index contributed by atoms with van der Waals surface area (Å²) in [5.41, 5.74) is 0. The summed E-state index contributed by atoms with van der Waals surface area (Å²) in [6.45, 7) is 0. The Labute approximate surface area is 109 Å². The summed E-state index contributed by atoms with van der Waals surface area (Å²) >= 11 is 0. The molecular formula is C10H18BiO4. The molecule has 0 heterocycles. The third-order valence-electron chi connectivity index (χ3n) is 2.03. The fraction of sp³-hybridized carbons (Fsp3) is 0.800. The average Bonchev–Trinajstić information content (AvgIpc) is 2.08. The number of hydrogen-bond donors (Lipinski definition) is 2. The Balaban J connectivity index is 0. The first kappa shape index (κ1) is 17.2. The Morgan fingerprint density at radius 1 is 0.667 bits per heavy atom. The van der Waals surface area contributed by atoms with E-state index in [1.54, 1.807) is 0 Å². The van der Waals surface area contributed by atoms with Crippen LogP contribution in [0.1, 0.15) is 51.4 Å². The molecule has 0 aromatic carbocycles. The number of aliphatic carboxylic acids is 2. The fourth-order valence-electron chi connectivity index (χ4n) is 1.26. The third-order valence-corrected chi connectivity index (χ3v) is 2.03. The van der Waals surface area contributed by atoms with Gasteiger partial charge in [0.15, 0.2) is 0 Å². The van der Waals surface area contributed by atoms with Crippen LogP contribution in [0.5, 0.6) is 0 Å². The summed E-state index contributed by atoms with van der Waals surface area (Å²) in [6.07, 6.45) is 5.82. The summed E-state index contributed by atoms with van der Waals surface area (Å²) in [7, 11) is 0. The van der Waals surface area contributed by atoms with E-state index in [1.165, 1.54) is 0 Å². The maximum Gasteiger partial charge on any atom is 0.303 e. The van der Waals surface area contributed by atoms with Crippen LogP contribution in [0.3, 0.4) is 0 Å². The summed E-state index contributed by atoms with van der Waals surface area (Å²) in [5, 5.41) is 16.7. The van der Waals surface area contributed by atoms with Gasteiger partial charge in [-0.05, 0) is 12.8 Å². The molecule has 0 rings (SSSR count). The van der Waals surface area contributed by atoms with Crippen molar-refractivity contribution in [3.05, 3.63) is 0 Å². The van der Waals surface area contributed by atoms with Gasteiger partial charge >= 0.3 is 11.9 Å². The van der Waals surface area contributed by atoms with Crippen LogP contribution in [0.25, 0.3) is 0 Å². The van der Waals surface area contributed by atoms with E-state index in [-0.39, 0.29) is 39.0 Å². The van der Waals surface area contributed by atoms with E-state index < -0.39 is 11.9 Å². The van der Waals surface area contributed by atoms with Gasteiger partial charge in [0.05, 0.1) is 0 Å². The molecule has 0 spiro atoms. The summed E-state index contributed by atoms with van der Waals surface area (Å²) in [4.78, 5) is 20.3. The van der Waals surface area contributed by atoms with Gasteiger partial charge in [0.1, 0.15) is 0 Å². The molecule has 5 heteroatoms. The Morgan fingerprint density at radius 2 is 0.933 bits per heavy atom. The molecule has 0 unspecified atom stereocenters. The van der Waals surface area contributed by atoms with Crippen molar-refractivity contribution in [3.63, 3.8) is 0 Å². The number of hydrogen-bond acceptors (Lipinski definition) is 2. The van der Waals surface area contributed by atoms with Crippen molar-refractivity contribution in [2.24, 2.45) is 0 Å². The topological polar surface area (TPSA) is 74.6 Å². The Hall–Kier alpha value is -0.177. The maximum atomic E-state index is 10.1. The van der Waals surface area contributed by atoms with Gasteiger partial charge in [0.2, 0.25) is 0 Å². The molecule has 0 aliphatic rings. The molecule has 15 heavy (non-hydrogen) atoms. The van der Waals surface area contributed by atoms with Gasteiger partial charge < -0.3 is 10.2 Å². The van der Waals surface area contributed by atoms with E-state index in [4.69, 9.17) is 10.2 Å². The zero-order valence-electron chi connectivity index (χ0n) is 8.81. The molecule has 0 saturated carbocycles. The van der Waals surface area contributed by atoms with E-state index in [0.717, 1.165) is 38.5 Å². The molecule has 0 aliphatic carbocycles. The first-order valence-corrected chi connectivity index (χ1v) is 5.06. The molecule has 0 bridgehead atoms. The standard InChI is InChI=1S/C10H18O4.Bi/c11-9(12)7-5-3-1-2-4-6-8-10(13)14;/h1-8H2,(H,11,12)(H,13,14);. The Kier molecular flexibility index (Phi) is 13.7. The number of carboxylic acids is 2. The molecule has 0 saturated heterocycles. The monoisotopic (exact) mass is 411 g/mol. The van der Waals surface area contributed by atoms with Crippen molar-refractivity contribution in [2.75, 3.05) is 0 Å². The van der Waals surface area contributed by atoms with Gasteiger partial charge in [-0.25, -0.2) is 0 Å². The van der Waals surface area contributed by atoms with Gasteiger partial charge in [-0.15, -0.1) is 0 Å². The molecular weight excluding hydrogens is 393 g/mol. The van der Waals surface area contributed by atoms with E-state index in [0.29, 0.717) is 0 Å². The van der Waals surface area contributed by atoms with Crippen LogP contribution in [0, 0.1) is 0 Å². The van der Waals surface area contributed by atoms with Gasteiger partial charge in [0, 0.05) is 39.0 Å². The molecule has 87 valence electrons. The number of rotatable bonds is 9. The van der Waals surface area contributed by atoms with Gasteiger partial charge in [0.25, 0.3) is 0 Å². The molecule has 3 radical (unpaired) electrons. The minimum atomic E-state index is -0.740. The predicted molar refractivity (Wildman–Crippen MR) is 58.0 cm³/mol. The quantitative estimate of drug-likeness (QED) is 0.449. The second kappa shape index (κ2) is 11.9. The Bertz CT molecular complexity index is 162. The summed E-state index contributed by atoms with van der Waals surface area (Å²) in [6, 6.07) is 0. The number of unbranched alkanes of at least 4 members (excludes halogenated alkanes) is 5. The van der Waals surface area contributed by atoms with Crippen LogP contribution >= 0.6 is 0 Å². The molecule has 0 aromatic rings. The van der Waals surface area contributed by atoms with Crippen molar-refractivity contribution < 1.29 is 19.8 Å². The normalized spacial score (nSPS) is 9.33. The van der Waals surface area contributed by atoms with Crippen LogP contribution in [0.4, 0.5) is 0 Å². The molecule has 0 aliphatic heterocycles. The van der Waals surface area contributed by atoms with Crippen LogP contribution in [-0.2, 0) is 9.59 Å². The van der Waals surface area contributed by atoms with Gasteiger partial charge in [-0.2, -0.15) is 0 Å². The SMILES string of the molecule is O=C(O)CCCCCCCCC(=O)O.[Bi]. The van der Waals surface area contributed by atoms with Crippen LogP contribution in [0.2, 0.25) is 0 Å². The van der Waals surface area contributed by atoms with E-state index in [2.05, 4.69) is 0 Å². The zero-order valence-corrected chi connectivity index (χ0v) is 12.3. The van der Waals surface area contributed by atoms with Crippen molar-refractivity contribution in [1.29, 1.82) is 0 Å². The molecule has 0 amide bonds. The third kappa shape index (κ3) is 16.5. The fourth-order valence-corrected chi connectivity index (χ4v) is 1.26. The second-order valence-corrected chi connectivity index (χ2v) is 3.41. The molecule has 2 N–H and O–H groups in total. The number of carbonyl (C=O) groups is 2.